The second kappa shape index (κ2) is 5.97. The van der Waals surface area contributed by atoms with E-state index in [1.54, 1.807) is 0 Å². The van der Waals surface area contributed by atoms with Gasteiger partial charge in [-0.25, -0.2) is 9.48 Å². The summed E-state index contributed by atoms with van der Waals surface area (Å²) >= 11 is 0. The Morgan fingerprint density at radius 1 is 1.38 bits per heavy atom. The molecule has 0 unspecified atom stereocenters. The number of nitrogens with zero attached hydrogens (tertiary/aromatic N) is 3. The van der Waals surface area contributed by atoms with Crippen molar-refractivity contribution in [1.82, 2.24) is 9.78 Å². The van der Waals surface area contributed by atoms with Gasteiger partial charge in [0.25, 0.3) is 0 Å². The van der Waals surface area contributed by atoms with Crippen molar-refractivity contribution in [2.75, 3.05) is 0 Å². The quantitative estimate of drug-likeness (QED) is 0.688. The molecule has 0 saturated heterocycles. The van der Waals surface area contributed by atoms with Crippen LogP contribution in [0.2, 0.25) is 0 Å². The lowest BCUT2D eigenvalue weighted by atomic mass is 10.0. The Balaban J connectivity index is 2.76. The summed E-state index contributed by atoms with van der Waals surface area (Å²) in [4.78, 5) is 22.2. The Morgan fingerprint density at radius 3 is 2.62 bits per heavy atom. The van der Waals surface area contributed by atoms with E-state index < -0.39 is 5.97 Å². The van der Waals surface area contributed by atoms with Crippen LogP contribution >= 0.6 is 8.86 Å². The van der Waals surface area contributed by atoms with Gasteiger partial charge >= 0.3 is 5.97 Å². The van der Waals surface area contributed by atoms with Gasteiger partial charge in [-0.3, -0.25) is 0 Å². The van der Waals surface area contributed by atoms with Crippen LogP contribution in [0, 0.1) is 9.85 Å². The monoisotopic (exact) mass is 303 g/mol. The summed E-state index contributed by atoms with van der Waals surface area (Å²) in [6, 6.07) is 7.47. The summed E-state index contributed by atoms with van der Waals surface area (Å²) in [5.41, 5.74) is 1.43. The number of carboxylic acid groups (broad SMARTS) is 1. The van der Waals surface area contributed by atoms with E-state index in [9.17, 15) is 14.8 Å². The zero-order valence-electron chi connectivity index (χ0n) is 11.6. The Labute approximate surface area is 123 Å². The minimum Gasteiger partial charge on any atom is -0.476 e. The molecule has 0 radical (unpaired) electrons. The highest BCUT2D eigenvalue weighted by molar-refractivity contribution is 7.07. The first kappa shape index (κ1) is 15.1. The van der Waals surface area contributed by atoms with Crippen molar-refractivity contribution in [2.45, 2.75) is 19.8 Å². The molecule has 0 aliphatic rings. The molecule has 0 amide bonds. The van der Waals surface area contributed by atoms with Gasteiger partial charge < -0.3 is 5.11 Å². The molecular weight excluding hydrogens is 289 g/mol. The summed E-state index contributed by atoms with van der Waals surface area (Å²) in [5.74, 6) is -1.01. The molecule has 0 aliphatic heterocycles. The predicted octanol–water partition coefficient (Wildman–Crippen LogP) is 3.77. The minimum absolute atomic E-state index is 0.0161. The van der Waals surface area contributed by atoms with Crippen LogP contribution in [0.4, 0.5) is 5.69 Å². The van der Waals surface area contributed by atoms with Gasteiger partial charge in [0.2, 0.25) is 0 Å². The van der Waals surface area contributed by atoms with Crippen molar-refractivity contribution < 1.29 is 9.90 Å². The van der Waals surface area contributed by atoms with E-state index >= 15 is 0 Å². The van der Waals surface area contributed by atoms with E-state index in [2.05, 4.69) is 19.1 Å². The number of aromatic carboxylic acids is 1. The van der Waals surface area contributed by atoms with E-state index in [1.807, 2.05) is 38.1 Å². The molecule has 0 saturated carbocycles. The van der Waals surface area contributed by atoms with Gasteiger partial charge in [-0.05, 0) is 22.7 Å². The van der Waals surface area contributed by atoms with E-state index in [1.165, 1.54) is 10.9 Å². The summed E-state index contributed by atoms with van der Waals surface area (Å²) in [7, 11) is 3.10. The van der Waals surface area contributed by atoms with Crippen LogP contribution in [0.1, 0.15) is 35.8 Å². The first-order valence-electron chi connectivity index (χ1n) is 6.30. The Morgan fingerprint density at radius 2 is 2.05 bits per heavy atom. The van der Waals surface area contributed by atoms with Gasteiger partial charge in [0, 0.05) is 0 Å². The first-order valence-corrected chi connectivity index (χ1v) is 6.80. The highest BCUT2D eigenvalue weighted by atomic mass is 31.0. The van der Waals surface area contributed by atoms with Crippen molar-refractivity contribution in [3.63, 3.8) is 0 Å². The topological polar surface area (TPSA) is 84.5 Å². The van der Waals surface area contributed by atoms with Crippen LogP contribution in [-0.4, -0.2) is 20.9 Å². The maximum Gasteiger partial charge on any atom is 0.357 e. The molecule has 0 spiro atoms. The largest absolute Gasteiger partial charge is 0.476 e. The fourth-order valence-corrected chi connectivity index (χ4v) is 2.28. The molecule has 0 fully saturated rings. The number of benzene rings is 1. The van der Waals surface area contributed by atoms with Crippen molar-refractivity contribution in [2.24, 2.45) is 5.18 Å². The van der Waals surface area contributed by atoms with Gasteiger partial charge in [-0.1, -0.05) is 32.0 Å². The number of rotatable bonds is 4. The lowest BCUT2D eigenvalue weighted by Crippen LogP contribution is -2.11. The standard InChI is InChI=1S/C14H14N3O3P/c1-8(2)9-5-3-4-6-11(9)17-7-10(16-20)13(21)12(15-17)14(18)19/h3-8,21H,1-2H3,(H,18,19). The maximum absolute atomic E-state index is 11.2. The zero-order chi connectivity index (χ0) is 15.6. The van der Waals surface area contributed by atoms with Crippen molar-refractivity contribution >= 4 is 20.5 Å². The normalized spacial score (nSPS) is 10.6. The molecule has 0 bridgehead atoms. The molecule has 1 aromatic heterocycles. The molecule has 0 aliphatic carbocycles. The van der Waals surface area contributed by atoms with Crippen molar-refractivity contribution in [3.8, 4) is 5.69 Å². The van der Waals surface area contributed by atoms with E-state index in [0.29, 0.717) is 5.69 Å². The van der Waals surface area contributed by atoms with E-state index in [4.69, 9.17) is 0 Å². The molecule has 7 heteroatoms. The highest BCUT2D eigenvalue weighted by Gasteiger charge is 2.15. The van der Waals surface area contributed by atoms with Crippen LogP contribution in [0.15, 0.2) is 35.6 Å². The zero-order valence-corrected chi connectivity index (χ0v) is 12.6. The van der Waals surface area contributed by atoms with E-state index in [-0.39, 0.29) is 22.2 Å². The molecule has 21 heavy (non-hydrogen) atoms. The third-order valence-corrected chi connectivity index (χ3v) is 3.54. The van der Waals surface area contributed by atoms with Crippen LogP contribution in [-0.2, 0) is 0 Å². The lowest BCUT2D eigenvalue weighted by Gasteiger charge is -2.15. The molecule has 1 aromatic carbocycles. The fourth-order valence-electron chi connectivity index (χ4n) is 2.02. The molecule has 0 atom stereocenters. The number of carboxylic acids is 1. The molecule has 1 N–H and O–H groups in total. The van der Waals surface area contributed by atoms with Crippen molar-refractivity contribution in [1.29, 1.82) is 0 Å². The second-order valence-corrected chi connectivity index (χ2v) is 5.29. The molecule has 1 heterocycles. The van der Waals surface area contributed by atoms with Gasteiger partial charge in [0.05, 0.1) is 16.8 Å². The Bertz CT molecular complexity index is 768. The smallest absolute Gasteiger partial charge is 0.357 e. The third kappa shape index (κ3) is 2.90. The fraction of sp³-hybridized carbons (Fsp3) is 0.214. The minimum atomic E-state index is -1.23. The SMILES string of the molecule is CC(C)c1ccccc1-n1cc(N=O)c(=P)c(C(=O)O)n1. The van der Waals surface area contributed by atoms with Gasteiger partial charge in [0.1, 0.15) is 5.69 Å². The highest BCUT2D eigenvalue weighted by Crippen LogP contribution is 2.25. The number of nitroso groups, excluding NO2 is 1. The summed E-state index contributed by atoms with van der Waals surface area (Å²) in [6.07, 6.45) is 1.41. The number of hydrogen-bond donors (Lipinski definition) is 1. The Hall–Kier alpha value is -2.33. The van der Waals surface area contributed by atoms with Gasteiger partial charge in [0.15, 0.2) is 5.69 Å². The number of para-hydroxylation sites is 1. The van der Waals surface area contributed by atoms with Crippen LogP contribution in [0.3, 0.4) is 0 Å². The molecule has 108 valence electrons. The molecule has 2 aromatic rings. The predicted molar refractivity (Wildman–Crippen MR) is 81.6 cm³/mol. The Kier molecular flexibility index (Phi) is 4.29. The lowest BCUT2D eigenvalue weighted by molar-refractivity contribution is 0.0687. The van der Waals surface area contributed by atoms with Crippen LogP contribution in [0.5, 0.6) is 0 Å². The van der Waals surface area contributed by atoms with Crippen LogP contribution < -0.4 is 0 Å². The molecule has 6 nitrogen and oxygen atoms in total. The first-order chi connectivity index (χ1) is 9.95. The summed E-state index contributed by atoms with van der Waals surface area (Å²) < 4.78 is 1.37. The second-order valence-electron chi connectivity index (χ2n) is 4.79. The average molecular weight is 303 g/mol. The number of carbonyl (C=O) groups is 1. The molecule has 2 rings (SSSR count). The third-order valence-electron chi connectivity index (χ3n) is 3.05. The van der Waals surface area contributed by atoms with Gasteiger partial charge in [-0.15, -0.1) is 13.8 Å². The molecular formula is C14H14N3O3P. The average Bonchev–Trinajstić information content (AvgIpc) is 2.47. The summed E-state index contributed by atoms with van der Waals surface area (Å²) in [6.45, 7) is 4.05. The maximum atomic E-state index is 11.2. The van der Waals surface area contributed by atoms with E-state index in [0.717, 1.165) is 5.56 Å². The number of aromatic nitrogens is 2. The van der Waals surface area contributed by atoms with Crippen molar-refractivity contribution in [3.05, 3.63) is 51.6 Å². The number of hydrogen-bond acceptors (Lipinski definition) is 4. The summed E-state index contributed by atoms with van der Waals surface area (Å²) in [5, 5.41) is 16.1. The van der Waals surface area contributed by atoms with Gasteiger partial charge in [-0.2, -0.15) is 5.10 Å². The van der Waals surface area contributed by atoms with Crippen LogP contribution in [0.25, 0.3) is 5.69 Å².